The molecule has 1 saturated carbocycles. The van der Waals surface area contributed by atoms with Gasteiger partial charge in [0, 0.05) is 29.6 Å². The van der Waals surface area contributed by atoms with Gasteiger partial charge in [-0.25, -0.2) is 4.79 Å². The van der Waals surface area contributed by atoms with Gasteiger partial charge < -0.3 is 19.6 Å². The summed E-state index contributed by atoms with van der Waals surface area (Å²) >= 11 is 0. The van der Waals surface area contributed by atoms with Crippen molar-refractivity contribution < 1.29 is 23.8 Å². The van der Waals surface area contributed by atoms with Crippen molar-refractivity contribution in [2.24, 2.45) is 5.41 Å². The van der Waals surface area contributed by atoms with Crippen molar-refractivity contribution in [1.29, 1.82) is 0 Å². The summed E-state index contributed by atoms with van der Waals surface area (Å²) in [6, 6.07) is 8.83. The first-order valence-electron chi connectivity index (χ1n) is 8.62. The van der Waals surface area contributed by atoms with Gasteiger partial charge in [0.05, 0.1) is 18.6 Å². The van der Waals surface area contributed by atoms with Crippen molar-refractivity contribution in [2.75, 3.05) is 6.61 Å². The van der Waals surface area contributed by atoms with E-state index in [1.807, 2.05) is 26.8 Å². The van der Waals surface area contributed by atoms with Crippen molar-refractivity contribution in [2.45, 2.75) is 38.8 Å². The molecule has 0 radical (unpaired) electrons. The first kappa shape index (κ1) is 18.2. The van der Waals surface area contributed by atoms with Gasteiger partial charge in [0.15, 0.2) is 0 Å². The minimum absolute atomic E-state index is 0.207. The Labute approximate surface area is 152 Å². The van der Waals surface area contributed by atoms with E-state index in [2.05, 4.69) is 5.32 Å². The van der Waals surface area contributed by atoms with Gasteiger partial charge >= 0.3 is 5.97 Å². The minimum Gasteiger partial charge on any atom is -0.479 e. The Balaban J connectivity index is 1.84. The third-order valence-electron chi connectivity index (χ3n) is 5.44. The number of carbonyl (C=O) groups is 2. The van der Waals surface area contributed by atoms with E-state index in [0.717, 1.165) is 11.1 Å². The van der Waals surface area contributed by atoms with Crippen LogP contribution in [0.2, 0.25) is 0 Å². The van der Waals surface area contributed by atoms with Gasteiger partial charge in [-0.2, -0.15) is 0 Å². The zero-order valence-electron chi connectivity index (χ0n) is 15.1. The van der Waals surface area contributed by atoms with Crippen LogP contribution in [0.1, 0.15) is 37.6 Å². The van der Waals surface area contributed by atoms with Crippen molar-refractivity contribution in [3.05, 3.63) is 48.4 Å². The van der Waals surface area contributed by atoms with Gasteiger partial charge in [-0.05, 0) is 30.7 Å². The number of carbonyl (C=O) groups excluding carboxylic acids is 1. The maximum atomic E-state index is 12.8. The van der Waals surface area contributed by atoms with Gasteiger partial charge in [-0.15, -0.1) is 0 Å². The molecule has 1 amide bonds. The molecule has 0 aliphatic heterocycles. The molecule has 1 aromatic carbocycles. The standard InChI is InChI=1S/C20H23NO5/c1-4-26-16-11-20(18(23)24,19(16,2)3)21-17(22)14-7-5-6-13(10-14)15-8-9-25-12-15/h5-10,12,16H,4,11H2,1-3H3,(H,21,22)(H,23,24). The summed E-state index contributed by atoms with van der Waals surface area (Å²) < 4.78 is 10.7. The second kappa shape index (κ2) is 6.61. The molecule has 2 unspecified atom stereocenters. The third-order valence-corrected chi connectivity index (χ3v) is 5.44. The van der Waals surface area contributed by atoms with Crippen LogP contribution in [0.5, 0.6) is 0 Å². The fourth-order valence-corrected chi connectivity index (χ4v) is 3.57. The van der Waals surface area contributed by atoms with Gasteiger partial charge in [-0.1, -0.05) is 26.0 Å². The predicted molar refractivity (Wildman–Crippen MR) is 95.8 cm³/mol. The fraction of sp³-hybridized carbons (Fsp3) is 0.400. The topological polar surface area (TPSA) is 88.8 Å². The Morgan fingerprint density at radius 3 is 2.65 bits per heavy atom. The van der Waals surface area contributed by atoms with Crippen molar-refractivity contribution >= 4 is 11.9 Å². The summed E-state index contributed by atoms with van der Waals surface area (Å²) in [7, 11) is 0. The molecule has 0 spiro atoms. The largest absolute Gasteiger partial charge is 0.479 e. The summed E-state index contributed by atoms with van der Waals surface area (Å²) in [5, 5.41) is 12.6. The SMILES string of the molecule is CCOC1CC(NC(=O)c2cccc(-c3ccoc3)c2)(C(=O)O)C1(C)C. The summed E-state index contributed by atoms with van der Waals surface area (Å²) in [6.45, 7) is 6.00. The van der Waals surface area contributed by atoms with Crippen LogP contribution in [0.15, 0.2) is 47.3 Å². The number of amides is 1. The van der Waals surface area contributed by atoms with Gasteiger partial charge in [0.2, 0.25) is 0 Å². The molecule has 6 heteroatoms. The second-order valence-electron chi connectivity index (χ2n) is 7.13. The molecule has 2 N–H and O–H groups in total. The zero-order chi connectivity index (χ0) is 18.9. The Bertz CT molecular complexity index is 811. The fourth-order valence-electron chi connectivity index (χ4n) is 3.57. The van der Waals surface area contributed by atoms with Gasteiger partial charge in [0.1, 0.15) is 5.54 Å². The van der Waals surface area contributed by atoms with E-state index >= 15 is 0 Å². The van der Waals surface area contributed by atoms with Gasteiger partial charge in [-0.3, -0.25) is 4.79 Å². The maximum Gasteiger partial charge on any atom is 0.330 e. The number of hydrogen-bond donors (Lipinski definition) is 2. The molecule has 138 valence electrons. The van der Waals surface area contributed by atoms with E-state index in [1.165, 1.54) is 0 Å². The summed E-state index contributed by atoms with van der Waals surface area (Å²) in [6.07, 6.45) is 3.20. The molecule has 0 saturated heterocycles. The highest BCUT2D eigenvalue weighted by atomic mass is 16.5. The Hall–Kier alpha value is -2.60. The first-order chi connectivity index (χ1) is 12.3. The number of aliphatic carboxylic acids is 1. The first-order valence-corrected chi connectivity index (χ1v) is 8.62. The summed E-state index contributed by atoms with van der Waals surface area (Å²) in [5.74, 6) is -1.46. The lowest BCUT2D eigenvalue weighted by Gasteiger charge is -2.58. The molecule has 1 heterocycles. The highest BCUT2D eigenvalue weighted by molar-refractivity contribution is 5.99. The lowest BCUT2D eigenvalue weighted by Crippen LogP contribution is -2.76. The molecule has 3 rings (SSSR count). The number of furan rings is 1. The van der Waals surface area contributed by atoms with Crippen LogP contribution in [0.25, 0.3) is 11.1 Å². The molecule has 2 aromatic rings. The molecule has 1 aliphatic carbocycles. The van der Waals surface area contributed by atoms with Crippen molar-refractivity contribution in [3.63, 3.8) is 0 Å². The molecular weight excluding hydrogens is 334 g/mol. The highest BCUT2D eigenvalue weighted by Gasteiger charge is 2.66. The Morgan fingerprint density at radius 2 is 2.08 bits per heavy atom. The monoisotopic (exact) mass is 357 g/mol. The average molecular weight is 357 g/mol. The molecular formula is C20H23NO5. The summed E-state index contributed by atoms with van der Waals surface area (Å²) in [5.41, 5.74) is 0.0196. The Kier molecular flexibility index (Phi) is 4.63. The molecule has 6 nitrogen and oxygen atoms in total. The Morgan fingerprint density at radius 1 is 1.31 bits per heavy atom. The van der Waals surface area contributed by atoms with Crippen LogP contribution >= 0.6 is 0 Å². The van der Waals surface area contributed by atoms with Crippen LogP contribution in [0, 0.1) is 5.41 Å². The smallest absolute Gasteiger partial charge is 0.330 e. The molecule has 2 atom stereocenters. The van der Waals surface area contributed by atoms with E-state index < -0.39 is 22.8 Å². The number of nitrogens with one attached hydrogen (secondary N) is 1. The maximum absolute atomic E-state index is 12.8. The number of carboxylic acids is 1. The van der Waals surface area contributed by atoms with E-state index in [-0.39, 0.29) is 12.5 Å². The number of hydrogen-bond acceptors (Lipinski definition) is 4. The van der Waals surface area contributed by atoms with E-state index in [9.17, 15) is 14.7 Å². The van der Waals surface area contributed by atoms with Crippen LogP contribution in [-0.2, 0) is 9.53 Å². The van der Waals surface area contributed by atoms with Crippen molar-refractivity contribution in [1.82, 2.24) is 5.32 Å². The number of rotatable bonds is 6. The normalized spacial score (nSPS) is 23.9. The quantitative estimate of drug-likeness (QED) is 0.828. The highest BCUT2D eigenvalue weighted by Crippen LogP contribution is 2.51. The molecule has 26 heavy (non-hydrogen) atoms. The number of carboxylic acid groups (broad SMARTS) is 1. The summed E-state index contributed by atoms with van der Waals surface area (Å²) in [4.78, 5) is 24.8. The van der Waals surface area contributed by atoms with Crippen LogP contribution in [0.4, 0.5) is 0 Å². The molecule has 1 fully saturated rings. The lowest BCUT2D eigenvalue weighted by atomic mass is 9.54. The van der Waals surface area contributed by atoms with Crippen LogP contribution in [0.3, 0.4) is 0 Å². The molecule has 1 aliphatic rings. The molecule has 1 aromatic heterocycles. The zero-order valence-corrected chi connectivity index (χ0v) is 15.1. The molecule has 0 bridgehead atoms. The number of benzene rings is 1. The van der Waals surface area contributed by atoms with Gasteiger partial charge in [0.25, 0.3) is 5.91 Å². The predicted octanol–water partition coefficient (Wildman–Crippen LogP) is 3.33. The van der Waals surface area contributed by atoms with Crippen LogP contribution < -0.4 is 5.32 Å². The van der Waals surface area contributed by atoms with Crippen molar-refractivity contribution in [3.8, 4) is 11.1 Å². The van der Waals surface area contributed by atoms with Crippen LogP contribution in [-0.4, -0.2) is 35.2 Å². The number of ether oxygens (including phenoxy) is 1. The van der Waals surface area contributed by atoms with E-state index in [1.54, 1.807) is 36.8 Å². The third kappa shape index (κ3) is 2.80. The van der Waals surface area contributed by atoms with E-state index in [4.69, 9.17) is 9.15 Å². The lowest BCUT2D eigenvalue weighted by molar-refractivity contribution is -0.190. The average Bonchev–Trinajstić information content (AvgIpc) is 3.15. The van der Waals surface area contributed by atoms with E-state index in [0.29, 0.717) is 12.2 Å². The minimum atomic E-state index is -1.35. The second-order valence-corrected chi connectivity index (χ2v) is 7.13.